The predicted octanol–water partition coefficient (Wildman–Crippen LogP) is 2.58. The molecule has 0 aromatic carbocycles. The molecule has 0 bridgehead atoms. The fourth-order valence-electron chi connectivity index (χ4n) is 2.94. The van der Waals surface area contributed by atoms with Gasteiger partial charge in [-0.1, -0.05) is 11.6 Å². The van der Waals surface area contributed by atoms with Gasteiger partial charge in [0.25, 0.3) is 0 Å². The summed E-state index contributed by atoms with van der Waals surface area (Å²) in [5.74, 6) is 0.138. The quantitative estimate of drug-likeness (QED) is 0.804. The fourth-order valence-corrected chi connectivity index (χ4v) is 3.15. The van der Waals surface area contributed by atoms with Crippen LogP contribution in [0.1, 0.15) is 25.1 Å². The van der Waals surface area contributed by atoms with Crippen molar-refractivity contribution in [3.05, 3.63) is 17.2 Å². The molecule has 0 atom stereocenters. The zero-order valence-corrected chi connectivity index (χ0v) is 14.6. The maximum atomic E-state index is 12.6. The van der Waals surface area contributed by atoms with Gasteiger partial charge in [0.05, 0.1) is 6.20 Å². The summed E-state index contributed by atoms with van der Waals surface area (Å²) in [6.45, 7) is 0.169. The SMILES string of the molecule is CN(C)C1CCN(C(=O)CCc2ncc(Cl)n2CC(F)(F)F)CC1. The van der Waals surface area contributed by atoms with Crippen LogP contribution in [0.15, 0.2) is 6.20 Å². The Morgan fingerprint density at radius 1 is 1.38 bits per heavy atom. The topological polar surface area (TPSA) is 41.4 Å². The molecule has 0 radical (unpaired) electrons. The molecule has 0 N–H and O–H groups in total. The van der Waals surface area contributed by atoms with E-state index < -0.39 is 12.7 Å². The summed E-state index contributed by atoms with van der Waals surface area (Å²) < 4.78 is 38.7. The molecule has 5 nitrogen and oxygen atoms in total. The fraction of sp³-hybridized carbons (Fsp3) is 0.733. The number of carbonyl (C=O) groups is 1. The first-order valence-electron chi connectivity index (χ1n) is 7.88. The number of halogens is 4. The second-order valence-electron chi connectivity index (χ2n) is 6.27. The molecule has 1 aliphatic rings. The van der Waals surface area contributed by atoms with Gasteiger partial charge in [-0.25, -0.2) is 4.98 Å². The van der Waals surface area contributed by atoms with Gasteiger partial charge in [-0.05, 0) is 26.9 Å². The third-order valence-electron chi connectivity index (χ3n) is 4.34. The molecular weight excluding hydrogens is 345 g/mol. The number of aryl methyl sites for hydroxylation is 1. The summed E-state index contributed by atoms with van der Waals surface area (Å²) in [4.78, 5) is 20.1. The van der Waals surface area contributed by atoms with E-state index in [0.29, 0.717) is 19.1 Å². The Labute approximate surface area is 144 Å². The number of imidazole rings is 1. The van der Waals surface area contributed by atoms with Crippen molar-refractivity contribution in [2.75, 3.05) is 27.2 Å². The lowest BCUT2D eigenvalue weighted by molar-refractivity contribution is -0.141. The molecule has 0 saturated carbocycles. The average molecular weight is 367 g/mol. The van der Waals surface area contributed by atoms with Crippen molar-refractivity contribution in [3.63, 3.8) is 0 Å². The van der Waals surface area contributed by atoms with E-state index in [9.17, 15) is 18.0 Å². The highest BCUT2D eigenvalue weighted by Gasteiger charge is 2.30. The minimum atomic E-state index is -4.38. The highest BCUT2D eigenvalue weighted by molar-refractivity contribution is 6.29. The van der Waals surface area contributed by atoms with Gasteiger partial charge in [-0.3, -0.25) is 4.79 Å². The van der Waals surface area contributed by atoms with Crippen LogP contribution in [0.4, 0.5) is 13.2 Å². The minimum Gasteiger partial charge on any atom is -0.343 e. The van der Waals surface area contributed by atoms with Gasteiger partial charge in [-0.15, -0.1) is 0 Å². The number of rotatable bonds is 5. The lowest BCUT2D eigenvalue weighted by atomic mass is 10.0. The number of aromatic nitrogens is 2. The van der Waals surface area contributed by atoms with Gasteiger partial charge in [0, 0.05) is 32.0 Å². The van der Waals surface area contributed by atoms with Crippen LogP contribution in [0, 0.1) is 0 Å². The smallest absolute Gasteiger partial charge is 0.343 e. The lowest BCUT2D eigenvalue weighted by Crippen LogP contribution is -2.44. The van der Waals surface area contributed by atoms with Crippen molar-refractivity contribution in [1.29, 1.82) is 0 Å². The number of piperidine rings is 1. The van der Waals surface area contributed by atoms with Gasteiger partial charge in [0.1, 0.15) is 17.5 Å². The van der Waals surface area contributed by atoms with E-state index >= 15 is 0 Å². The van der Waals surface area contributed by atoms with Gasteiger partial charge in [0.2, 0.25) is 5.91 Å². The number of likely N-dealkylation sites (tertiary alicyclic amines) is 1. The third kappa shape index (κ3) is 5.11. The molecule has 136 valence electrons. The van der Waals surface area contributed by atoms with Crippen molar-refractivity contribution >= 4 is 17.5 Å². The molecule has 1 amide bonds. The molecule has 1 aromatic heterocycles. The number of nitrogens with zero attached hydrogens (tertiary/aromatic N) is 4. The number of hydrogen-bond acceptors (Lipinski definition) is 3. The zero-order valence-electron chi connectivity index (χ0n) is 13.8. The van der Waals surface area contributed by atoms with Crippen LogP contribution in [0.2, 0.25) is 5.15 Å². The van der Waals surface area contributed by atoms with E-state index in [0.717, 1.165) is 17.4 Å². The molecule has 2 rings (SSSR count). The number of alkyl halides is 3. The van der Waals surface area contributed by atoms with Crippen molar-refractivity contribution in [2.24, 2.45) is 0 Å². The highest BCUT2D eigenvalue weighted by atomic mass is 35.5. The molecule has 24 heavy (non-hydrogen) atoms. The van der Waals surface area contributed by atoms with Gasteiger partial charge in [0.15, 0.2) is 0 Å². The zero-order chi connectivity index (χ0) is 17.9. The van der Waals surface area contributed by atoms with Crippen molar-refractivity contribution < 1.29 is 18.0 Å². The van der Waals surface area contributed by atoms with Crippen LogP contribution in [0.3, 0.4) is 0 Å². The van der Waals surface area contributed by atoms with Gasteiger partial charge in [-0.2, -0.15) is 13.2 Å². The molecule has 9 heteroatoms. The Hall–Kier alpha value is -1.28. The molecule has 2 heterocycles. The molecule has 0 aliphatic carbocycles. The highest BCUT2D eigenvalue weighted by Crippen LogP contribution is 2.23. The molecule has 1 aliphatic heterocycles. The van der Waals surface area contributed by atoms with E-state index in [-0.39, 0.29) is 29.7 Å². The molecule has 1 aromatic rings. The summed E-state index contributed by atoms with van der Waals surface area (Å²) in [6, 6.07) is 0.471. The van der Waals surface area contributed by atoms with Crippen LogP contribution < -0.4 is 0 Å². The average Bonchev–Trinajstić information content (AvgIpc) is 2.84. The Morgan fingerprint density at radius 2 is 2.00 bits per heavy atom. The normalized spacial score (nSPS) is 16.9. The van der Waals surface area contributed by atoms with Crippen LogP contribution in [-0.4, -0.2) is 64.7 Å². The van der Waals surface area contributed by atoms with E-state index in [1.165, 1.54) is 6.20 Å². The summed E-state index contributed by atoms with van der Waals surface area (Å²) in [6.07, 6.45) is -1.08. The van der Waals surface area contributed by atoms with Crippen LogP contribution in [0.25, 0.3) is 0 Å². The molecule has 1 saturated heterocycles. The second-order valence-corrected chi connectivity index (χ2v) is 6.66. The van der Waals surface area contributed by atoms with Gasteiger partial charge >= 0.3 is 6.18 Å². The van der Waals surface area contributed by atoms with E-state index in [1.807, 2.05) is 14.1 Å². The molecule has 0 spiro atoms. The van der Waals surface area contributed by atoms with Crippen molar-refractivity contribution in [1.82, 2.24) is 19.4 Å². The summed E-state index contributed by atoms with van der Waals surface area (Å²) in [5.41, 5.74) is 0. The standard InChI is InChI=1S/C15H22ClF3N4O/c1-21(2)11-5-7-22(8-6-11)14(24)4-3-13-20-9-12(16)23(13)10-15(17,18)19/h9,11H,3-8,10H2,1-2H3. The lowest BCUT2D eigenvalue weighted by Gasteiger charge is -2.35. The monoisotopic (exact) mass is 366 g/mol. The summed E-state index contributed by atoms with van der Waals surface area (Å²) in [7, 11) is 4.04. The predicted molar refractivity (Wildman–Crippen MR) is 84.9 cm³/mol. The first-order valence-corrected chi connectivity index (χ1v) is 8.26. The molecular formula is C15H22ClF3N4O. The Morgan fingerprint density at radius 3 is 2.54 bits per heavy atom. The molecule has 1 fully saturated rings. The largest absolute Gasteiger partial charge is 0.406 e. The van der Waals surface area contributed by atoms with Crippen LogP contribution in [0.5, 0.6) is 0 Å². The number of carbonyl (C=O) groups excluding carboxylic acids is 1. The van der Waals surface area contributed by atoms with E-state index in [1.54, 1.807) is 4.90 Å². The maximum absolute atomic E-state index is 12.6. The summed E-state index contributed by atoms with van der Waals surface area (Å²) in [5, 5.41) is -0.0680. The summed E-state index contributed by atoms with van der Waals surface area (Å²) >= 11 is 5.76. The van der Waals surface area contributed by atoms with Crippen molar-refractivity contribution in [2.45, 2.75) is 44.4 Å². The first kappa shape index (κ1) is 19.1. The maximum Gasteiger partial charge on any atom is 0.406 e. The Bertz CT molecular complexity index is 566. The van der Waals surface area contributed by atoms with E-state index in [2.05, 4.69) is 9.88 Å². The van der Waals surface area contributed by atoms with E-state index in [4.69, 9.17) is 11.6 Å². The molecule has 0 unspecified atom stereocenters. The van der Waals surface area contributed by atoms with Gasteiger partial charge < -0.3 is 14.4 Å². The minimum absolute atomic E-state index is 0.0510. The first-order chi connectivity index (χ1) is 11.2. The third-order valence-corrected chi connectivity index (χ3v) is 4.64. The number of amides is 1. The Kier molecular flexibility index (Phi) is 6.14. The number of hydrogen-bond donors (Lipinski definition) is 0. The Balaban J connectivity index is 1.89. The van der Waals surface area contributed by atoms with Crippen molar-refractivity contribution in [3.8, 4) is 0 Å². The second kappa shape index (κ2) is 7.74. The van der Waals surface area contributed by atoms with Crippen LogP contribution in [-0.2, 0) is 17.8 Å². The van der Waals surface area contributed by atoms with Crippen LogP contribution >= 0.6 is 11.6 Å².